The summed E-state index contributed by atoms with van der Waals surface area (Å²) in [4.78, 5) is 22.0. The lowest BCUT2D eigenvalue weighted by Crippen LogP contribution is -2.17. The van der Waals surface area contributed by atoms with Crippen molar-refractivity contribution in [2.75, 3.05) is 5.32 Å². The van der Waals surface area contributed by atoms with E-state index in [4.69, 9.17) is 10.00 Å². The number of nitrogens with zero attached hydrogens (tertiary/aromatic N) is 2. The molecule has 0 spiro atoms. The molecular formula is C24H22N4O2S. The van der Waals surface area contributed by atoms with Gasteiger partial charge < -0.3 is 15.0 Å². The van der Waals surface area contributed by atoms with Crippen LogP contribution in [0.15, 0.2) is 53.3 Å². The van der Waals surface area contributed by atoms with Crippen molar-refractivity contribution in [3.05, 3.63) is 86.3 Å². The van der Waals surface area contributed by atoms with Gasteiger partial charge in [0.15, 0.2) is 0 Å². The van der Waals surface area contributed by atoms with Gasteiger partial charge in [0.25, 0.3) is 5.56 Å². The number of hydrogen-bond acceptors (Lipinski definition) is 6. The molecule has 0 amide bonds. The third-order valence-corrected chi connectivity index (χ3v) is 6.27. The lowest BCUT2D eigenvalue weighted by molar-refractivity contribution is 0.306. The molecule has 2 heterocycles. The lowest BCUT2D eigenvalue weighted by atomic mass is 10.1. The van der Waals surface area contributed by atoms with Crippen molar-refractivity contribution in [1.82, 2.24) is 9.97 Å². The Morgan fingerprint density at radius 3 is 2.74 bits per heavy atom. The zero-order valence-corrected chi connectivity index (χ0v) is 18.3. The van der Waals surface area contributed by atoms with Crippen LogP contribution in [0.3, 0.4) is 0 Å². The molecular weight excluding hydrogens is 408 g/mol. The summed E-state index contributed by atoms with van der Waals surface area (Å²) in [6.45, 7) is 6.32. The number of fused-ring (bicyclic) bond motifs is 1. The van der Waals surface area contributed by atoms with Crippen LogP contribution in [0.2, 0.25) is 0 Å². The molecule has 2 aromatic heterocycles. The molecule has 1 unspecified atom stereocenters. The molecule has 4 aromatic rings. The molecule has 0 saturated carbocycles. The average molecular weight is 431 g/mol. The summed E-state index contributed by atoms with van der Waals surface area (Å²) >= 11 is 1.55. The van der Waals surface area contributed by atoms with Gasteiger partial charge in [0, 0.05) is 10.6 Å². The Morgan fingerprint density at radius 2 is 2.00 bits per heavy atom. The Morgan fingerprint density at radius 1 is 1.23 bits per heavy atom. The minimum Gasteiger partial charge on any atom is -0.489 e. The predicted octanol–water partition coefficient (Wildman–Crippen LogP) is 5.23. The zero-order valence-electron chi connectivity index (χ0n) is 17.5. The number of nitrogens with one attached hydrogen (secondary N) is 2. The SMILES string of the molecule is Cc1sc2nc(C(C)Nc3ccc(OCc4cccc(C#N)c4)cc3)[nH]c(=O)c2c1C. The Bertz CT molecular complexity index is 1330. The molecule has 0 fully saturated rings. The quantitative estimate of drug-likeness (QED) is 0.437. The van der Waals surface area contributed by atoms with Crippen molar-refractivity contribution in [3.8, 4) is 11.8 Å². The van der Waals surface area contributed by atoms with Gasteiger partial charge in [-0.1, -0.05) is 12.1 Å². The van der Waals surface area contributed by atoms with Crippen LogP contribution in [0.25, 0.3) is 10.2 Å². The molecule has 0 bridgehead atoms. The summed E-state index contributed by atoms with van der Waals surface area (Å²) < 4.78 is 5.82. The van der Waals surface area contributed by atoms with Gasteiger partial charge in [-0.05, 0) is 68.3 Å². The van der Waals surface area contributed by atoms with Gasteiger partial charge in [-0.2, -0.15) is 5.26 Å². The minimum atomic E-state index is -0.166. The molecule has 2 N–H and O–H groups in total. The van der Waals surface area contributed by atoms with Crippen LogP contribution in [0, 0.1) is 25.2 Å². The fraction of sp³-hybridized carbons (Fsp3) is 0.208. The first-order chi connectivity index (χ1) is 14.9. The normalized spacial score (nSPS) is 11.8. The van der Waals surface area contributed by atoms with Crippen LogP contribution in [0.1, 0.15) is 40.4 Å². The van der Waals surface area contributed by atoms with Gasteiger partial charge in [-0.3, -0.25) is 4.79 Å². The smallest absolute Gasteiger partial charge is 0.259 e. The minimum absolute atomic E-state index is 0.0975. The molecule has 0 aliphatic rings. The standard InChI is InChI=1S/C24H22N4O2S/c1-14-16(3)31-24-21(14)23(29)27-22(28-24)15(2)26-19-7-9-20(10-8-19)30-13-18-6-4-5-17(11-18)12-25/h4-11,15,26H,13H2,1-3H3,(H,27,28,29). The number of aryl methyl sites for hydroxylation is 2. The van der Waals surface area contributed by atoms with Crippen molar-refractivity contribution < 1.29 is 4.74 Å². The van der Waals surface area contributed by atoms with Crippen molar-refractivity contribution in [2.45, 2.75) is 33.4 Å². The number of anilines is 1. The van der Waals surface area contributed by atoms with Crippen LogP contribution in [-0.4, -0.2) is 9.97 Å². The summed E-state index contributed by atoms with van der Waals surface area (Å²) in [5.41, 5.74) is 3.36. The molecule has 0 aliphatic carbocycles. The summed E-state index contributed by atoms with van der Waals surface area (Å²) in [6, 6.07) is 16.9. The molecule has 0 aliphatic heterocycles. The lowest BCUT2D eigenvalue weighted by Gasteiger charge is -2.15. The fourth-order valence-corrected chi connectivity index (χ4v) is 4.38. The van der Waals surface area contributed by atoms with E-state index in [2.05, 4.69) is 21.4 Å². The number of benzene rings is 2. The van der Waals surface area contributed by atoms with Crippen LogP contribution in [-0.2, 0) is 6.61 Å². The molecule has 6 nitrogen and oxygen atoms in total. The summed E-state index contributed by atoms with van der Waals surface area (Å²) in [5, 5.41) is 13.0. The second kappa shape index (κ2) is 8.62. The van der Waals surface area contributed by atoms with E-state index in [-0.39, 0.29) is 11.6 Å². The number of aromatic amines is 1. The number of ether oxygens (including phenoxy) is 1. The van der Waals surface area contributed by atoms with E-state index in [9.17, 15) is 4.79 Å². The van der Waals surface area contributed by atoms with E-state index in [1.54, 1.807) is 17.4 Å². The van der Waals surface area contributed by atoms with Crippen LogP contribution < -0.4 is 15.6 Å². The van der Waals surface area contributed by atoms with Crippen LogP contribution in [0.4, 0.5) is 5.69 Å². The molecule has 0 radical (unpaired) electrons. The largest absolute Gasteiger partial charge is 0.489 e. The number of H-pyrrole nitrogens is 1. The molecule has 156 valence electrons. The Hall–Kier alpha value is -3.63. The topological polar surface area (TPSA) is 90.8 Å². The fourth-order valence-electron chi connectivity index (χ4n) is 3.34. The van der Waals surface area contributed by atoms with E-state index in [0.717, 1.165) is 32.3 Å². The van der Waals surface area contributed by atoms with Gasteiger partial charge >= 0.3 is 0 Å². The zero-order chi connectivity index (χ0) is 22.0. The molecule has 31 heavy (non-hydrogen) atoms. The van der Waals surface area contributed by atoms with E-state index in [0.29, 0.717) is 23.4 Å². The van der Waals surface area contributed by atoms with Gasteiger partial charge in [0.05, 0.1) is 23.1 Å². The summed E-state index contributed by atoms with van der Waals surface area (Å²) in [6.07, 6.45) is 0. The maximum Gasteiger partial charge on any atom is 0.259 e. The highest BCUT2D eigenvalue weighted by molar-refractivity contribution is 7.18. The highest BCUT2D eigenvalue weighted by atomic mass is 32.1. The van der Waals surface area contributed by atoms with Crippen molar-refractivity contribution >= 4 is 27.2 Å². The predicted molar refractivity (Wildman–Crippen MR) is 124 cm³/mol. The number of thiophene rings is 1. The summed E-state index contributed by atoms with van der Waals surface area (Å²) in [5.74, 6) is 1.34. The third-order valence-electron chi connectivity index (χ3n) is 5.17. The van der Waals surface area contributed by atoms with Gasteiger partial charge in [0.1, 0.15) is 23.0 Å². The molecule has 4 rings (SSSR count). The van der Waals surface area contributed by atoms with Gasteiger partial charge in [-0.25, -0.2) is 4.98 Å². The van der Waals surface area contributed by atoms with E-state index >= 15 is 0 Å². The number of aromatic nitrogens is 2. The van der Waals surface area contributed by atoms with E-state index in [1.807, 2.05) is 63.2 Å². The maximum absolute atomic E-state index is 12.5. The van der Waals surface area contributed by atoms with Crippen LogP contribution >= 0.6 is 11.3 Å². The summed E-state index contributed by atoms with van der Waals surface area (Å²) in [7, 11) is 0. The molecule has 1 atom stereocenters. The Kier molecular flexibility index (Phi) is 5.74. The van der Waals surface area contributed by atoms with Crippen molar-refractivity contribution in [1.29, 1.82) is 5.26 Å². The average Bonchev–Trinajstić information content (AvgIpc) is 3.07. The van der Waals surface area contributed by atoms with Crippen molar-refractivity contribution in [2.24, 2.45) is 0 Å². The highest BCUT2D eigenvalue weighted by Gasteiger charge is 2.15. The second-order valence-electron chi connectivity index (χ2n) is 7.41. The van der Waals surface area contributed by atoms with E-state index in [1.165, 1.54) is 0 Å². The first kappa shape index (κ1) is 20.6. The van der Waals surface area contributed by atoms with E-state index < -0.39 is 0 Å². The molecule has 2 aromatic carbocycles. The number of hydrogen-bond donors (Lipinski definition) is 2. The number of rotatable bonds is 6. The highest BCUT2D eigenvalue weighted by Crippen LogP contribution is 2.27. The Labute approximate surface area is 184 Å². The first-order valence-electron chi connectivity index (χ1n) is 9.93. The molecule has 0 saturated heterocycles. The third kappa shape index (κ3) is 4.44. The Balaban J connectivity index is 1.43. The maximum atomic E-state index is 12.5. The number of nitriles is 1. The monoisotopic (exact) mass is 430 g/mol. The second-order valence-corrected chi connectivity index (χ2v) is 8.61. The molecule has 7 heteroatoms. The van der Waals surface area contributed by atoms with Gasteiger partial charge in [0.2, 0.25) is 0 Å². The van der Waals surface area contributed by atoms with Crippen LogP contribution in [0.5, 0.6) is 5.75 Å². The first-order valence-corrected chi connectivity index (χ1v) is 10.7. The van der Waals surface area contributed by atoms with Crippen molar-refractivity contribution in [3.63, 3.8) is 0 Å². The van der Waals surface area contributed by atoms with Gasteiger partial charge in [-0.15, -0.1) is 11.3 Å².